The number of anilines is 1. The van der Waals surface area contributed by atoms with Crippen LogP contribution in [0, 0.1) is 5.92 Å². The fraction of sp³-hybridized carbons (Fsp3) is 0.400. The van der Waals surface area contributed by atoms with Crippen molar-refractivity contribution in [2.24, 2.45) is 5.92 Å². The van der Waals surface area contributed by atoms with Gasteiger partial charge in [0.1, 0.15) is 5.82 Å². The van der Waals surface area contributed by atoms with E-state index in [9.17, 15) is 4.79 Å². The molecule has 0 aliphatic carbocycles. The number of rotatable bonds is 1. The highest BCUT2D eigenvalue weighted by Crippen LogP contribution is 2.22. The van der Waals surface area contributed by atoms with Gasteiger partial charge < -0.3 is 0 Å². The molecule has 1 saturated heterocycles. The Morgan fingerprint density at radius 1 is 1.54 bits per heavy atom. The quantitative estimate of drug-likeness (QED) is 0.649. The number of hydrogen-bond donors (Lipinski definition) is 0. The molecule has 0 radical (unpaired) electrons. The maximum atomic E-state index is 11.6. The van der Waals surface area contributed by atoms with E-state index in [4.69, 9.17) is 0 Å². The lowest BCUT2D eigenvalue weighted by atomic mass is 10.1. The zero-order chi connectivity index (χ0) is 9.26. The van der Waals surface area contributed by atoms with Crippen molar-refractivity contribution in [1.29, 1.82) is 0 Å². The molecule has 1 unspecified atom stereocenters. The smallest absolute Gasteiger partial charge is 0.231 e. The Kier molecular flexibility index (Phi) is 2.00. The van der Waals surface area contributed by atoms with Gasteiger partial charge in [-0.2, -0.15) is 0 Å². The molecule has 0 N–H and O–H groups in total. The number of amides is 1. The van der Waals surface area contributed by atoms with E-state index in [1.54, 1.807) is 11.1 Å². The van der Waals surface area contributed by atoms with Crippen molar-refractivity contribution < 1.29 is 4.79 Å². The van der Waals surface area contributed by atoms with Gasteiger partial charge in [0.25, 0.3) is 0 Å². The van der Waals surface area contributed by atoms with E-state index in [1.807, 2.05) is 25.1 Å². The van der Waals surface area contributed by atoms with Gasteiger partial charge in [0, 0.05) is 18.7 Å². The van der Waals surface area contributed by atoms with Crippen LogP contribution in [0.2, 0.25) is 0 Å². The summed E-state index contributed by atoms with van der Waals surface area (Å²) in [5.41, 5.74) is 0. The number of carbonyl (C=O) groups excluding carboxylic acids is 1. The molecule has 0 saturated carbocycles. The van der Waals surface area contributed by atoms with Crippen LogP contribution in [-0.2, 0) is 4.79 Å². The largest absolute Gasteiger partial charge is 0.297 e. The minimum absolute atomic E-state index is 0.155. The van der Waals surface area contributed by atoms with Gasteiger partial charge in [0.15, 0.2) is 0 Å². The SMILES string of the molecule is CC1CCN(c2ccccn2)C1=O. The number of aromatic nitrogens is 1. The van der Waals surface area contributed by atoms with Gasteiger partial charge in [-0.1, -0.05) is 13.0 Å². The molecule has 3 nitrogen and oxygen atoms in total. The van der Waals surface area contributed by atoms with E-state index in [-0.39, 0.29) is 11.8 Å². The highest BCUT2D eigenvalue weighted by molar-refractivity contribution is 5.95. The Labute approximate surface area is 77.4 Å². The maximum Gasteiger partial charge on any atom is 0.231 e. The fourth-order valence-corrected chi connectivity index (χ4v) is 1.56. The first-order chi connectivity index (χ1) is 6.29. The summed E-state index contributed by atoms with van der Waals surface area (Å²) in [4.78, 5) is 17.5. The van der Waals surface area contributed by atoms with Crippen molar-refractivity contribution >= 4 is 11.7 Å². The van der Waals surface area contributed by atoms with Crippen molar-refractivity contribution in [1.82, 2.24) is 4.98 Å². The first-order valence-electron chi connectivity index (χ1n) is 4.51. The van der Waals surface area contributed by atoms with E-state index >= 15 is 0 Å². The first-order valence-corrected chi connectivity index (χ1v) is 4.51. The molecule has 68 valence electrons. The number of carbonyl (C=O) groups is 1. The van der Waals surface area contributed by atoms with E-state index in [2.05, 4.69) is 4.98 Å². The maximum absolute atomic E-state index is 11.6. The van der Waals surface area contributed by atoms with Gasteiger partial charge in [0.2, 0.25) is 5.91 Å². The lowest BCUT2D eigenvalue weighted by molar-refractivity contribution is -0.119. The average molecular weight is 176 g/mol. The Bertz CT molecular complexity index is 310. The summed E-state index contributed by atoms with van der Waals surface area (Å²) in [7, 11) is 0. The summed E-state index contributed by atoms with van der Waals surface area (Å²) < 4.78 is 0. The predicted octanol–water partition coefficient (Wildman–Crippen LogP) is 1.45. The molecule has 1 aromatic heterocycles. The van der Waals surface area contributed by atoms with Crippen LogP contribution in [-0.4, -0.2) is 17.4 Å². The van der Waals surface area contributed by atoms with Gasteiger partial charge in [-0.05, 0) is 18.6 Å². The van der Waals surface area contributed by atoms with Crippen LogP contribution in [0.15, 0.2) is 24.4 Å². The van der Waals surface area contributed by atoms with Crippen LogP contribution < -0.4 is 4.90 Å². The third-order valence-electron chi connectivity index (χ3n) is 2.40. The van der Waals surface area contributed by atoms with E-state index in [0.29, 0.717) is 0 Å². The molecular weight excluding hydrogens is 164 g/mol. The molecule has 1 aromatic rings. The van der Waals surface area contributed by atoms with Gasteiger partial charge in [-0.25, -0.2) is 4.98 Å². The molecule has 0 spiro atoms. The third-order valence-corrected chi connectivity index (χ3v) is 2.40. The third kappa shape index (κ3) is 1.41. The molecule has 3 heteroatoms. The summed E-state index contributed by atoms with van der Waals surface area (Å²) in [5, 5.41) is 0. The lowest BCUT2D eigenvalue weighted by Gasteiger charge is -2.14. The number of nitrogens with zero attached hydrogens (tertiary/aromatic N) is 2. The summed E-state index contributed by atoms with van der Waals surface area (Å²) in [6.45, 7) is 2.77. The Balaban J connectivity index is 2.24. The number of pyridine rings is 1. The standard InChI is InChI=1S/C10H12N2O/c1-8-5-7-12(10(8)13)9-4-2-3-6-11-9/h2-4,6,8H,5,7H2,1H3. The Morgan fingerprint density at radius 2 is 2.38 bits per heavy atom. The minimum atomic E-state index is 0.155. The summed E-state index contributed by atoms with van der Waals surface area (Å²) >= 11 is 0. The lowest BCUT2D eigenvalue weighted by Crippen LogP contribution is -2.26. The van der Waals surface area contributed by atoms with Gasteiger partial charge >= 0.3 is 0 Å². The highest BCUT2D eigenvalue weighted by atomic mass is 16.2. The highest BCUT2D eigenvalue weighted by Gasteiger charge is 2.29. The second kappa shape index (κ2) is 3.17. The number of hydrogen-bond acceptors (Lipinski definition) is 2. The average Bonchev–Trinajstić information content (AvgIpc) is 2.49. The monoisotopic (exact) mass is 176 g/mol. The molecule has 1 amide bonds. The molecule has 1 aliphatic rings. The van der Waals surface area contributed by atoms with E-state index in [0.717, 1.165) is 18.8 Å². The van der Waals surface area contributed by atoms with Crippen LogP contribution in [0.5, 0.6) is 0 Å². The summed E-state index contributed by atoms with van der Waals surface area (Å²) in [6, 6.07) is 5.63. The molecule has 2 heterocycles. The molecule has 1 atom stereocenters. The molecular formula is C10H12N2O. The Hall–Kier alpha value is -1.38. The van der Waals surface area contributed by atoms with E-state index in [1.165, 1.54) is 0 Å². The molecule has 1 fully saturated rings. The summed E-state index contributed by atoms with van der Waals surface area (Å²) in [5.74, 6) is 1.12. The zero-order valence-corrected chi connectivity index (χ0v) is 7.60. The molecule has 13 heavy (non-hydrogen) atoms. The first kappa shape index (κ1) is 8.23. The van der Waals surface area contributed by atoms with Crippen LogP contribution in [0.25, 0.3) is 0 Å². The van der Waals surface area contributed by atoms with Crippen molar-refractivity contribution in [2.45, 2.75) is 13.3 Å². The Morgan fingerprint density at radius 3 is 2.92 bits per heavy atom. The summed E-state index contributed by atoms with van der Waals surface area (Å²) in [6.07, 6.45) is 2.65. The fourth-order valence-electron chi connectivity index (χ4n) is 1.56. The molecule has 2 rings (SSSR count). The van der Waals surface area contributed by atoms with E-state index < -0.39 is 0 Å². The van der Waals surface area contributed by atoms with Gasteiger partial charge in [-0.15, -0.1) is 0 Å². The topological polar surface area (TPSA) is 33.2 Å². The van der Waals surface area contributed by atoms with Crippen molar-refractivity contribution in [2.75, 3.05) is 11.4 Å². The minimum Gasteiger partial charge on any atom is -0.297 e. The molecule has 0 aromatic carbocycles. The van der Waals surface area contributed by atoms with Crippen LogP contribution >= 0.6 is 0 Å². The molecule has 1 aliphatic heterocycles. The van der Waals surface area contributed by atoms with Crippen molar-refractivity contribution in [3.8, 4) is 0 Å². The zero-order valence-electron chi connectivity index (χ0n) is 7.60. The van der Waals surface area contributed by atoms with Gasteiger partial charge in [-0.3, -0.25) is 9.69 Å². The second-order valence-electron chi connectivity index (χ2n) is 3.37. The van der Waals surface area contributed by atoms with Crippen LogP contribution in [0.3, 0.4) is 0 Å². The predicted molar refractivity (Wildman–Crippen MR) is 50.4 cm³/mol. The molecule has 0 bridgehead atoms. The van der Waals surface area contributed by atoms with Crippen LogP contribution in [0.4, 0.5) is 5.82 Å². The van der Waals surface area contributed by atoms with Crippen molar-refractivity contribution in [3.63, 3.8) is 0 Å². The van der Waals surface area contributed by atoms with Crippen LogP contribution in [0.1, 0.15) is 13.3 Å². The van der Waals surface area contributed by atoms with Crippen molar-refractivity contribution in [3.05, 3.63) is 24.4 Å². The normalized spacial score (nSPS) is 22.4. The van der Waals surface area contributed by atoms with Gasteiger partial charge in [0.05, 0.1) is 0 Å². The second-order valence-corrected chi connectivity index (χ2v) is 3.37.